The molecule has 0 radical (unpaired) electrons. The molecule has 1 fully saturated rings. The lowest BCUT2D eigenvalue weighted by Crippen LogP contribution is -2.43. The molecule has 0 heterocycles. The van der Waals surface area contributed by atoms with Crippen molar-refractivity contribution in [1.29, 1.82) is 0 Å². The zero-order valence-electron chi connectivity index (χ0n) is 11.6. The van der Waals surface area contributed by atoms with E-state index in [0.717, 1.165) is 0 Å². The van der Waals surface area contributed by atoms with Crippen molar-refractivity contribution in [2.45, 2.75) is 44.2 Å². The maximum absolute atomic E-state index is 9.55. The minimum atomic E-state index is -1.26. The predicted molar refractivity (Wildman–Crippen MR) is 72.9 cm³/mol. The van der Waals surface area contributed by atoms with E-state index in [2.05, 4.69) is 19.0 Å². The van der Waals surface area contributed by atoms with Crippen LogP contribution in [0.2, 0.25) is 0 Å². The van der Waals surface area contributed by atoms with Gasteiger partial charge in [-0.25, -0.2) is 9.59 Å². The van der Waals surface area contributed by atoms with Gasteiger partial charge in [-0.1, -0.05) is 19.3 Å². The molecule has 1 aliphatic rings. The minimum absolute atomic E-state index is 0.410. The molecule has 6 nitrogen and oxygen atoms in total. The Morgan fingerprint density at radius 3 is 1.95 bits per heavy atom. The molecular weight excluding hydrogens is 248 g/mol. The fourth-order valence-electron chi connectivity index (χ4n) is 2.10. The van der Waals surface area contributed by atoms with Crippen LogP contribution in [0, 0.1) is 0 Å². The van der Waals surface area contributed by atoms with Crippen molar-refractivity contribution in [3.63, 3.8) is 0 Å². The molecular formula is C13H24N2O4. The molecule has 4 N–H and O–H groups in total. The number of carboxylic acids is 2. The van der Waals surface area contributed by atoms with Crippen LogP contribution in [0.3, 0.4) is 0 Å². The van der Waals surface area contributed by atoms with E-state index < -0.39 is 11.9 Å². The van der Waals surface area contributed by atoms with E-state index in [1.54, 1.807) is 0 Å². The molecule has 0 aromatic rings. The number of hydrogen-bond donors (Lipinski definition) is 3. The minimum Gasteiger partial charge on any atom is -0.478 e. The Bertz CT molecular complexity index is 300. The predicted octanol–water partition coefficient (Wildman–Crippen LogP) is 0.920. The van der Waals surface area contributed by atoms with Crippen molar-refractivity contribution in [3.8, 4) is 0 Å². The first-order valence-corrected chi connectivity index (χ1v) is 6.40. The van der Waals surface area contributed by atoms with Gasteiger partial charge < -0.3 is 20.8 Å². The van der Waals surface area contributed by atoms with Crippen LogP contribution in [0.15, 0.2) is 12.2 Å². The molecule has 0 bridgehead atoms. The number of carboxylic acid groups (broad SMARTS) is 2. The summed E-state index contributed by atoms with van der Waals surface area (Å²) in [5.41, 5.74) is 6.04. The summed E-state index contributed by atoms with van der Waals surface area (Å²) in [6.07, 6.45) is 7.67. The van der Waals surface area contributed by atoms with Crippen LogP contribution in [0.25, 0.3) is 0 Å². The molecule has 110 valence electrons. The topological polar surface area (TPSA) is 104 Å². The highest BCUT2D eigenvalue weighted by Crippen LogP contribution is 2.19. The fourth-order valence-corrected chi connectivity index (χ4v) is 2.10. The molecule has 1 saturated carbocycles. The number of nitrogens with two attached hydrogens (primary N) is 1. The summed E-state index contributed by atoms with van der Waals surface area (Å²) in [6, 6.07) is 1.03. The van der Waals surface area contributed by atoms with Gasteiger partial charge in [0.15, 0.2) is 0 Å². The van der Waals surface area contributed by atoms with E-state index in [9.17, 15) is 9.59 Å². The van der Waals surface area contributed by atoms with Gasteiger partial charge in [0.05, 0.1) is 0 Å². The van der Waals surface area contributed by atoms with Crippen LogP contribution in [-0.4, -0.2) is 53.2 Å². The SMILES string of the molecule is CN(C)C1CCCCCC1N.O=C(O)C=CC(=O)O. The second-order valence-corrected chi connectivity index (χ2v) is 4.84. The van der Waals surface area contributed by atoms with Crippen LogP contribution in [-0.2, 0) is 9.59 Å². The van der Waals surface area contributed by atoms with E-state index in [4.69, 9.17) is 15.9 Å². The Kier molecular flexibility index (Phi) is 8.82. The summed E-state index contributed by atoms with van der Waals surface area (Å²) in [4.78, 5) is 21.4. The lowest BCUT2D eigenvalue weighted by atomic mass is 10.0. The van der Waals surface area contributed by atoms with E-state index in [-0.39, 0.29) is 0 Å². The van der Waals surface area contributed by atoms with Crippen molar-refractivity contribution in [2.24, 2.45) is 5.73 Å². The third kappa shape index (κ3) is 9.21. The summed E-state index contributed by atoms with van der Waals surface area (Å²) in [7, 11) is 4.27. The standard InChI is InChI=1S/C9H20N2.C4H4O4/c1-11(2)9-7-5-3-4-6-8(9)10;5-3(6)1-2-4(7)8/h8-9H,3-7,10H2,1-2H3;1-2H,(H,5,6)(H,7,8). The summed E-state index contributed by atoms with van der Waals surface area (Å²) in [5, 5.41) is 15.6. The summed E-state index contributed by atoms with van der Waals surface area (Å²) >= 11 is 0. The number of carbonyl (C=O) groups is 2. The van der Waals surface area contributed by atoms with E-state index in [1.807, 2.05) is 0 Å². The highest BCUT2D eigenvalue weighted by molar-refractivity contribution is 5.89. The normalized spacial score (nSPS) is 23.6. The maximum Gasteiger partial charge on any atom is 0.328 e. The monoisotopic (exact) mass is 272 g/mol. The quantitative estimate of drug-likeness (QED) is 0.521. The number of likely N-dealkylation sites (N-methyl/N-ethyl adjacent to an activating group) is 1. The third-order valence-corrected chi connectivity index (χ3v) is 3.06. The summed E-state index contributed by atoms with van der Waals surface area (Å²) in [6.45, 7) is 0. The van der Waals surface area contributed by atoms with Crippen LogP contribution in [0.4, 0.5) is 0 Å². The number of aliphatic carboxylic acids is 2. The van der Waals surface area contributed by atoms with Gasteiger partial charge in [-0.3, -0.25) is 0 Å². The summed E-state index contributed by atoms with van der Waals surface area (Å²) < 4.78 is 0. The molecule has 0 amide bonds. The van der Waals surface area contributed by atoms with Gasteiger partial charge >= 0.3 is 11.9 Å². The Balaban J connectivity index is 0.000000362. The lowest BCUT2D eigenvalue weighted by molar-refractivity contribution is -0.134. The molecule has 1 rings (SSSR count). The van der Waals surface area contributed by atoms with Gasteiger partial charge in [0.25, 0.3) is 0 Å². The number of rotatable bonds is 3. The van der Waals surface area contributed by atoms with Crippen molar-refractivity contribution < 1.29 is 19.8 Å². The van der Waals surface area contributed by atoms with Crippen molar-refractivity contribution in [1.82, 2.24) is 4.90 Å². The third-order valence-electron chi connectivity index (χ3n) is 3.06. The molecule has 2 atom stereocenters. The van der Waals surface area contributed by atoms with Crippen molar-refractivity contribution in [2.75, 3.05) is 14.1 Å². The van der Waals surface area contributed by atoms with E-state index in [1.165, 1.54) is 32.1 Å². The highest BCUT2D eigenvalue weighted by atomic mass is 16.4. The zero-order valence-corrected chi connectivity index (χ0v) is 11.6. The Morgan fingerprint density at radius 1 is 1.05 bits per heavy atom. The van der Waals surface area contributed by atoms with E-state index in [0.29, 0.717) is 24.2 Å². The Morgan fingerprint density at radius 2 is 1.53 bits per heavy atom. The van der Waals surface area contributed by atoms with Crippen LogP contribution in [0.5, 0.6) is 0 Å². The molecule has 19 heavy (non-hydrogen) atoms. The van der Waals surface area contributed by atoms with Gasteiger partial charge in [-0.05, 0) is 26.9 Å². The van der Waals surface area contributed by atoms with Crippen molar-refractivity contribution >= 4 is 11.9 Å². The average molecular weight is 272 g/mol. The number of nitrogens with zero attached hydrogens (tertiary/aromatic N) is 1. The van der Waals surface area contributed by atoms with Crippen LogP contribution >= 0.6 is 0 Å². The second kappa shape index (κ2) is 9.52. The maximum atomic E-state index is 9.55. The van der Waals surface area contributed by atoms with Gasteiger partial charge in [0.2, 0.25) is 0 Å². The molecule has 0 aromatic carbocycles. The molecule has 0 aliphatic heterocycles. The van der Waals surface area contributed by atoms with Gasteiger partial charge in [0, 0.05) is 24.2 Å². The lowest BCUT2D eigenvalue weighted by Gasteiger charge is -2.27. The van der Waals surface area contributed by atoms with Gasteiger partial charge in [0.1, 0.15) is 0 Å². The van der Waals surface area contributed by atoms with Gasteiger partial charge in [-0.15, -0.1) is 0 Å². The molecule has 6 heteroatoms. The number of hydrogen-bond acceptors (Lipinski definition) is 4. The van der Waals surface area contributed by atoms with Gasteiger partial charge in [-0.2, -0.15) is 0 Å². The first-order chi connectivity index (χ1) is 8.84. The molecule has 2 unspecified atom stereocenters. The first-order valence-electron chi connectivity index (χ1n) is 6.40. The fraction of sp³-hybridized carbons (Fsp3) is 0.692. The largest absolute Gasteiger partial charge is 0.478 e. The molecule has 0 spiro atoms. The molecule has 1 aliphatic carbocycles. The smallest absolute Gasteiger partial charge is 0.328 e. The Hall–Kier alpha value is -1.40. The van der Waals surface area contributed by atoms with Crippen molar-refractivity contribution in [3.05, 3.63) is 12.2 Å². The average Bonchev–Trinajstić information content (AvgIpc) is 2.52. The summed E-state index contributed by atoms with van der Waals surface area (Å²) in [5.74, 6) is -2.51. The highest BCUT2D eigenvalue weighted by Gasteiger charge is 2.21. The van der Waals surface area contributed by atoms with E-state index >= 15 is 0 Å². The zero-order chi connectivity index (χ0) is 14.8. The molecule has 0 aromatic heterocycles. The second-order valence-electron chi connectivity index (χ2n) is 4.84. The first kappa shape index (κ1) is 17.6. The molecule has 0 saturated heterocycles. The van der Waals surface area contributed by atoms with Crippen LogP contribution < -0.4 is 5.73 Å². The Labute approximate surface area is 113 Å². The van der Waals surface area contributed by atoms with Crippen LogP contribution in [0.1, 0.15) is 32.1 Å².